The lowest BCUT2D eigenvalue weighted by Crippen LogP contribution is -2.30. The highest BCUT2D eigenvalue weighted by Gasteiger charge is 2.03. The van der Waals surface area contributed by atoms with Gasteiger partial charge in [0, 0.05) is 37.7 Å². The molecule has 0 spiro atoms. The molecule has 0 aliphatic carbocycles. The summed E-state index contributed by atoms with van der Waals surface area (Å²) in [7, 11) is 0. The number of hydrogen-bond donors (Lipinski definition) is 1. The van der Waals surface area contributed by atoms with Crippen LogP contribution >= 0.6 is 0 Å². The molecule has 1 N–H and O–H groups in total. The zero-order valence-corrected chi connectivity index (χ0v) is 9.61. The molecule has 0 atom stereocenters. The first-order valence-corrected chi connectivity index (χ1v) is 5.46. The van der Waals surface area contributed by atoms with Crippen molar-refractivity contribution in [3.63, 3.8) is 0 Å². The Labute approximate surface area is 103 Å². The number of pyridine rings is 1. The molecule has 2 rings (SSSR count). The fourth-order valence-electron chi connectivity index (χ4n) is 1.44. The van der Waals surface area contributed by atoms with Gasteiger partial charge >= 0.3 is 0 Å². The Hall–Kier alpha value is -2.50. The predicted molar refractivity (Wildman–Crippen MR) is 65.1 cm³/mol. The van der Waals surface area contributed by atoms with Crippen LogP contribution < -0.4 is 10.9 Å². The first-order valence-electron chi connectivity index (χ1n) is 5.46. The third-order valence-electron chi connectivity index (χ3n) is 2.35. The SMILES string of the molecule is O=C(NCCn1cnccc1=O)c1cccnc1. The van der Waals surface area contributed by atoms with Crippen LogP contribution in [0.1, 0.15) is 10.4 Å². The molecule has 18 heavy (non-hydrogen) atoms. The molecule has 6 nitrogen and oxygen atoms in total. The average Bonchev–Trinajstić information content (AvgIpc) is 2.42. The Morgan fingerprint density at radius 2 is 2.17 bits per heavy atom. The van der Waals surface area contributed by atoms with Crippen molar-refractivity contribution >= 4 is 5.91 Å². The zero-order valence-electron chi connectivity index (χ0n) is 9.61. The molecule has 0 saturated carbocycles. The lowest BCUT2D eigenvalue weighted by Gasteiger charge is -2.06. The van der Waals surface area contributed by atoms with Crippen molar-refractivity contribution < 1.29 is 4.79 Å². The zero-order chi connectivity index (χ0) is 12.8. The summed E-state index contributed by atoms with van der Waals surface area (Å²) in [6.45, 7) is 0.748. The molecule has 2 aromatic heterocycles. The molecule has 6 heteroatoms. The number of rotatable bonds is 4. The summed E-state index contributed by atoms with van der Waals surface area (Å²) in [6.07, 6.45) is 5.98. The van der Waals surface area contributed by atoms with Gasteiger partial charge in [-0.25, -0.2) is 4.98 Å². The van der Waals surface area contributed by atoms with Gasteiger partial charge < -0.3 is 5.32 Å². The van der Waals surface area contributed by atoms with E-state index in [9.17, 15) is 9.59 Å². The van der Waals surface area contributed by atoms with E-state index in [1.807, 2.05) is 0 Å². The highest BCUT2D eigenvalue weighted by Crippen LogP contribution is 1.94. The van der Waals surface area contributed by atoms with Crippen LogP contribution in [0.4, 0.5) is 0 Å². The number of amides is 1. The molecule has 2 heterocycles. The summed E-state index contributed by atoms with van der Waals surface area (Å²) in [6, 6.07) is 4.75. The van der Waals surface area contributed by atoms with E-state index in [4.69, 9.17) is 0 Å². The number of nitrogens with one attached hydrogen (secondary N) is 1. The molecule has 0 unspecified atom stereocenters. The Bertz CT molecular complexity index is 580. The lowest BCUT2D eigenvalue weighted by atomic mass is 10.3. The largest absolute Gasteiger partial charge is 0.350 e. The minimum Gasteiger partial charge on any atom is -0.350 e. The highest BCUT2D eigenvalue weighted by atomic mass is 16.1. The third kappa shape index (κ3) is 3.00. The Balaban J connectivity index is 1.88. The Morgan fingerprint density at radius 1 is 1.28 bits per heavy atom. The van der Waals surface area contributed by atoms with Crippen LogP contribution in [0.2, 0.25) is 0 Å². The smallest absolute Gasteiger partial charge is 0.253 e. The Morgan fingerprint density at radius 3 is 2.89 bits per heavy atom. The summed E-state index contributed by atoms with van der Waals surface area (Å²) in [5, 5.41) is 2.71. The van der Waals surface area contributed by atoms with E-state index in [0.29, 0.717) is 18.7 Å². The van der Waals surface area contributed by atoms with E-state index in [-0.39, 0.29) is 11.5 Å². The second-order valence-electron chi connectivity index (χ2n) is 3.61. The van der Waals surface area contributed by atoms with Gasteiger partial charge in [-0.1, -0.05) is 0 Å². The molecule has 0 fully saturated rings. The molecule has 0 saturated heterocycles. The monoisotopic (exact) mass is 244 g/mol. The maximum absolute atomic E-state index is 11.7. The van der Waals surface area contributed by atoms with Crippen LogP contribution in [-0.2, 0) is 6.54 Å². The van der Waals surface area contributed by atoms with E-state index in [1.165, 1.54) is 29.4 Å². The second kappa shape index (κ2) is 5.72. The summed E-state index contributed by atoms with van der Waals surface area (Å²) in [4.78, 5) is 30.7. The summed E-state index contributed by atoms with van der Waals surface area (Å²) in [5.74, 6) is -0.208. The molecule has 0 radical (unpaired) electrons. The Kier molecular flexibility index (Phi) is 3.80. The average molecular weight is 244 g/mol. The molecule has 0 aliphatic heterocycles. The topological polar surface area (TPSA) is 76.9 Å². The van der Waals surface area contributed by atoms with Crippen LogP contribution in [0.25, 0.3) is 0 Å². The van der Waals surface area contributed by atoms with Crippen LogP contribution in [0.15, 0.2) is 47.9 Å². The lowest BCUT2D eigenvalue weighted by molar-refractivity contribution is 0.0952. The van der Waals surface area contributed by atoms with Crippen molar-refractivity contribution in [1.82, 2.24) is 19.9 Å². The van der Waals surface area contributed by atoms with Crippen molar-refractivity contribution in [2.75, 3.05) is 6.54 Å². The van der Waals surface area contributed by atoms with Gasteiger partial charge in [-0.2, -0.15) is 0 Å². The van der Waals surface area contributed by atoms with E-state index in [2.05, 4.69) is 15.3 Å². The van der Waals surface area contributed by atoms with E-state index in [1.54, 1.807) is 18.3 Å². The molecule has 0 aromatic carbocycles. The van der Waals surface area contributed by atoms with Crippen molar-refractivity contribution in [3.8, 4) is 0 Å². The van der Waals surface area contributed by atoms with Gasteiger partial charge in [-0.15, -0.1) is 0 Å². The van der Waals surface area contributed by atoms with Gasteiger partial charge in [-0.05, 0) is 12.1 Å². The normalized spacial score (nSPS) is 10.0. The quantitative estimate of drug-likeness (QED) is 0.825. The van der Waals surface area contributed by atoms with Crippen LogP contribution in [-0.4, -0.2) is 27.0 Å². The van der Waals surface area contributed by atoms with E-state index in [0.717, 1.165) is 0 Å². The highest BCUT2D eigenvalue weighted by molar-refractivity contribution is 5.93. The van der Waals surface area contributed by atoms with Crippen LogP contribution in [0.5, 0.6) is 0 Å². The first kappa shape index (κ1) is 12.0. The molecular weight excluding hydrogens is 232 g/mol. The first-order chi connectivity index (χ1) is 8.77. The van der Waals surface area contributed by atoms with Gasteiger partial charge in [-0.3, -0.25) is 19.1 Å². The maximum atomic E-state index is 11.7. The predicted octanol–water partition coefficient (Wildman–Crippen LogP) is 0.0683. The summed E-state index contributed by atoms with van der Waals surface area (Å²) < 4.78 is 1.43. The minimum atomic E-state index is -0.208. The molecule has 0 aliphatic rings. The molecule has 0 bridgehead atoms. The van der Waals surface area contributed by atoms with E-state index < -0.39 is 0 Å². The fourth-order valence-corrected chi connectivity index (χ4v) is 1.44. The van der Waals surface area contributed by atoms with E-state index >= 15 is 0 Å². The van der Waals surface area contributed by atoms with Crippen molar-refractivity contribution in [2.45, 2.75) is 6.54 Å². The van der Waals surface area contributed by atoms with Gasteiger partial charge in [0.2, 0.25) is 0 Å². The standard InChI is InChI=1S/C12H12N4O2/c17-11-3-5-14-9-16(11)7-6-15-12(18)10-2-1-4-13-8-10/h1-5,8-9H,6-7H2,(H,15,18). The second-order valence-corrected chi connectivity index (χ2v) is 3.61. The van der Waals surface area contributed by atoms with Crippen LogP contribution in [0, 0.1) is 0 Å². The summed E-state index contributed by atoms with van der Waals surface area (Å²) >= 11 is 0. The molecule has 2 aromatic rings. The minimum absolute atomic E-state index is 0.138. The maximum Gasteiger partial charge on any atom is 0.253 e. The van der Waals surface area contributed by atoms with Crippen molar-refractivity contribution in [3.05, 3.63) is 59.0 Å². The van der Waals surface area contributed by atoms with Gasteiger partial charge in [0.1, 0.15) is 0 Å². The number of carbonyl (C=O) groups is 1. The van der Waals surface area contributed by atoms with Gasteiger partial charge in [0.25, 0.3) is 11.5 Å². The molecule has 92 valence electrons. The third-order valence-corrected chi connectivity index (χ3v) is 2.35. The number of hydrogen-bond acceptors (Lipinski definition) is 4. The van der Waals surface area contributed by atoms with Gasteiger partial charge in [0.05, 0.1) is 11.9 Å². The van der Waals surface area contributed by atoms with Gasteiger partial charge in [0.15, 0.2) is 0 Å². The van der Waals surface area contributed by atoms with Crippen molar-refractivity contribution in [2.24, 2.45) is 0 Å². The van der Waals surface area contributed by atoms with Crippen LogP contribution in [0.3, 0.4) is 0 Å². The molecular formula is C12H12N4O2. The summed E-state index contributed by atoms with van der Waals surface area (Å²) in [5.41, 5.74) is 0.358. The number of carbonyl (C=O) groups excluding carboxylic acids is 1. The molecule has 1 amide bonds. The number of aromatic nitrogens is 3. The number of nitrogens with zero attached hydrogens (tertiary/aromatic N) is 3. The fraction of sp³-hybridized carbons (Fsp3) is 0.167. The van der Waals surface area contributed by atoms with Crippen molar-refractivity contribution in [1.29, 1.82) is 0 Å².